The molecular weight excluding hydrogens is 270 g/mol. The van der Waals surface area contributed by atoms with Crippen molar-refractivity contribution < 1.29 is 9.90 Å². The molecule has 0 spiro atoms. The van der Waals surface area contributed by atoms with Crippen LogP contribution in [0.3, 0.4) is 0 Å². The second-order valence-corrected chi connectivity index (χ2v) is 5.88. The number of thiophene rings is 1. The van der Waals surface area contributed by atoms with Crippen LogP contribution in [-0.4, -0.2) is 15.6 Å². The fourth-order valence-electron chi connectivity index (χ4n) is 2.09. The summed E-state index contributed by atoms with van der Waals surface area (Å²) in [7, 11) is 0. The summed E-state index contributed by atoms with van der Waals surface area (Å²) in [6.45, 7) is 4.15. The highest BCUT2D eigenvalue weighted by Gasteiger charge is 2.24. The lowest BCUT2D eigenvalue weighted by Gasteiger charge is -2.23. The van der Waals surface area contributed by atoms with Gasteiger partial charge >= 0.3 is 5.97 Å². The molecule has 2 rings (SSSR count). The van der Waals surface area contributed by atoms with Gasteiger partial charge in [0.1, 0.15) is 5.69 Å². The van der Waals surface area contributed by atoms with Crippen LogP contribution in [0.1, 0.15) is 35.3 Å². The van der Waals surface area contributed by atoms with Gasteiger partial charge in [-0.3, -0.25) is 0 Å². The predicted molar refractivity (Wildman–Crippen MR) is 73.7 cm³/mol. The number of carbonyl (C=O) groups is 1. The molecule has 0 radical (unpaired) electrons. The number of nitrogens with zero attached hydrogens (tertiary/aromatic N) is 1. The van der Waals surface area contributed by atoms with Crippen molar-refractivity contribution in [3.63, 3.8) is 0 Å². The molecule has 2 heterocycles. The molecule has 2 aromatic rings. The van der Waals surface area contributed by atoms with Crippen LogP contribution in [0.4, 0.5) is 0 Å². The molecular formula is C13H14ClNO2S. The van der Waals surface area contributed by atoms with E-state index in [2.05, 4.69) is 13.8 Å². The first-order chi connectivity index (χ1) is 8.50. The number of halogens is 1. The standard InChI is InChI=1S/C13H14ClNO2S/c1-8(2)12(11-4-3-5-18-11)15-7-9(14)6-10(15)13(16)17/h3-8,12H,1-2H3,(H,16,17). The van der Waals surface area contributed by atoms with E-state index in [9.17, 15) is 9.90 Å². The number of hydrogen-bond donors (Lipinski definition) is 1. The molecule has 0 aromatic carbocycles. The molecule has 0 saturated heterocycles. The molecule has 5 heteroatoms. The summed E-state index contributed by atoms with van der Waals surface area (Å²) in [5.41, 5.74) is 0.229. The van der Waals surface area contributed by atoms with E-state index in [1.165, 1.54) is 6.07 Å². The molecule has 1 unspecified atom stereocenters. The number of hydrogen-bond acceptors (Lipinski definition) is 2. The molecule has 0 bridgehead atoms. The Morgan fingerprint density at radius 3 is 2.72 bits per heavy atom. The summed E-state index contributed by atoms with van der Waals surface area (Å²) >= 11 is 7.57. The van der Waals surface area contributed by atoms with E-state index >= 15 is 0 Å². The van der Waals surface area contributed by atoms with Crippen molar-refractivity contribution in [2.45, 2.75) is 19.9 Å². The molecule has 0 amide bonds. The van der Waals surface area contributed by atoms with E-state index in [1.54, 1.807) is 22.1 Å². The minimum atomic E-state index is -0.955. The molecule has 2 aromatic heterocycles. The van der Waals surface area contributed by atoms with Gasteiger partial charge in [-0.15, -0.1) is 11.3 Å². The SMILES string of the molecule is CC(C)C(c1cccs1)n1cc(Cl)cc1C(=O)O. The van der Waals surface area contributed by atoms with Crippen LogP contribution in [0.25, 0.3) is 0 Å². The second-order valence-electron chi connectivity index (χ2n) is 4.46. The Bertz CT molecular complexity index is 545. The average Bonchev–Trinajstić information content (AvgIpc) is 2.88. The summed E-state index contributed by atoms with van der Waals surface area (Å²) in [5, 5.41) is 11.7. The van der Waals surface area contributed by atoms with Crippen LogP contribution >= 0.6 is 22.9 Å². The minimum Gasteiger partial charge on any atom is -0.477 e. The lowest BCUT2D eigenvalue weighted by molar-refractivity contribution is 0.0682. The summed E-state index contributed by atoms with van der Waals surface area (Å²) < 4.78 is 1.75. The molecule has 96 valence electrons. The maximum Gasteiger partial charge on any atom is 0.352 e. The van der Waals surface area contributed by atoms with Crippen LogP contribution in [0.2, 0.25) is 5.02 Å². The topological polar surface area (TPSA) is 42.2 Å². The highest BCUT2D eigenvalue weighted by atomic mass is 35.5. The third-order valence-corrected chi connectivity index (χ3v) is 3.95. The number of aromatic nitrogens is 1. The maximum atomic E-state index is 11.3. The van der Waals surface area contributed by atoms with Crippen molar-refractivity contribution in [3.05, 3.63) is 45.4 Å². The molecule has 0 aliphatic carbocycles. The highest BCUT2D eigenvalue weighted by Crippen LogP contribution is 2.32. The quantitative estimate of drug-likeness (QED) is 0.916. The molecule has 18 heavy (non-hydrogen) atoms. The minimum absolute atomic E-state index is 0.00333. The van der Waals surface area contributed by atoms with Crippen molar-refractivity contribution in [2.75, 3.05) is 0 Å². The number of carboxylic acid groups (broad SMARTS) is 1. The van der Waals surface area contributed by atoms with Gasteiger partial charge in [-0.25, -0.2) is 4.79 Å². The van der Waals surface area contributed by atoms with E-state index in [1.807, 2.05) is 17.5 Å². The largest absolute Gasteiger partial charge is 0.477 e. The van der Waals surface area contributed by atoms with Gasteiger partial charge < -0.3 is 9.67 Å². The van der Waals surface area contributed by atoms with Crippen LogP contribution < -0.4 is 0 Å². The first kappa shape index (κ1) is 13.2. The Balaban J connectivity index is 2.53. The summed E-state index contributed by atoms with van der Waals surface area (Å²) in [6, 6.07) is 5.49. The van der Waals surface area contributed by atoms with Gasteiger partial charge in [0.25, 0.3) is 0 Å². The fourth-order valence-corrected chi connectivity index (χ4v) is 3.30. The molecule has 0 aliphatic heterocycles. The van der Waals surface area contributed by atoms with Gasteiger partial charge in [0.15, 0.2) is 0 Å². The van der Waals surface area contributed by atoms with Gasteiger partial charge in [-0.1, -0.05) is 31.5 Å². The van der Waals surface area contributed by atoms with E-state index in [4.69, 9.17) is 11.6 Å². The molecule has 0 fully saturated rings. The van der Waals surface area contributed by atoms with E-state index in [0.29, 0.717) is 5.02 Å². The zero-order valence-electron chi connectivity index (χ0n) is 10.1. The maximum absolute atomic E-state index is 11.3. The normalized spacial score (nSPS) is 12.9. The summed E-state index contributed by atoms with van der Waals surface area (Å²) in [4.78, 5) is 12.4. The first-order valence-corrected chi connectivity index (χ1v) is 6.90. The molecule has 1 atom stereocenters. The summed E-state index contributed by atoms with van der Waals surface area (Å²) in [6.07, 6.45) is 1.69. The van der Waals surface area contributed by atoms with Crippen molar-refractivity contribution in [1.29, 1.82) is 0 Å². The van der Waals surface area contributed by atoms with E-state index in [0.717, 1.165) is 4.88 Å². The summed E-state index contributed by atoms with van der Waals surface area (Å²) in [5.74, 6) is -0.672. The number of aromatic carboxylic acids is 1. The lowest BCUT2D eigenvalue weighted by atomic mass is 10.0. The lowest BCUT2D eigenvalue weighted by Crippen LogP contribution is -2.19. The zero-order valence-corrected chi connectivity index (χ0v) is 11.7. The van der Waals surface area contributed by atoms with Crippen molar-refractivity contribution >= 4 is 28.9 Å². The van der Waals surface area contributed by atoms with Crippen LogP contribution in [0.5, 0.6) is 0 Å². The van der Waals surface area contributed by atoms with E-state index < -0.39 is 5.97 Å². The number of rotatable bonds is 4. The third-order valence-electron chi connectivity index (χ3n) is 2.80. The van der Waals surface area contributed by atoms with Gasteiger partial charge in [-0.05, 0) is 23.4 Å². The Kier molecular flexibility index (Phi) is 3.78. The second kappa shape index (κ2) is 5.16. The Morgan fingerprint density at radius 2 is 2.22 bits per heavy atom. The van der Waals surface area contributed by atoms with Crippen molar-refractivity contribution in [2.24, 2.45) is 5.92 Å². The van der Waals surface area contributed by atoms with Gasteiger partial charge in [0.2, 0.25) is 0 Å². The molecule has 0 aliphatic rings. The predicted octanol–water partition coefficient (Wildman–Crippen LogP) is 4.15. The van der Waals surface area contributed by atoms with Gasteiger partial charge in [0, 0.05) is 11.1 Å². The molecule has 1 N–H and O–H groups in total. The fraction of sp³-hybridized carbons (Fsp3) is 0.308. The van der Waals surface area contributed by atoms with Crippen molar-refractivity contribution in [3.8, 4) is 0 Å². The van der Waals surface area contributed by atoms with Crippen LogP contribution in [0, 0.1) is 5.92 Å². The van der Waals surface area contributed by atoms with Crippen LogP contribution in [-0.2, 0) is 0 Å². The zero-order chi connectivity index (χ0) is 13.3. The van der Waals surface area contributed by atoms with Crippen molar-refractivity contribution in [1.82, 2.24) is 4.57 Å². The van der Waals surface area contributed by atoms with Crippen LogP contribution in [0.15, 0.2) is 29.8 Å². The molecule has 3 nitrogen and oxygen atoms in total. The average molecular weight is 284 g/mol. The Labute approximate surface area is 115 Å². The van der Waals surface area contributed by atoms with E-state index in [-0.39, 0.29) is 17.7 Å². The van der Waals surface area contributed by atoms with Gasteiger partial charge in [0.05, 0.1) is 11.1 Å². The van der Waals surface area contributed by atoms with Gasteiger partial charge in [-0.2, -0.15) is 0 Å². The third kappa shape index (κ3) is 2.44. The molecule has 0 saturated carbocycles. The Hall–Kier alpha value is -1.26. The monoisotopic (exact) mass is 283 g/mol. The first-order valence-electron chi connectivity index (χ1n) is 5.64. The Morgan fingerprint density at radius 1 is 1.50 bits per heavy atom. The highest BCUT2D eigenvalue weighted by molar-refractivity contribution is 7.10. The smallest absolute Gasteiger partial charge is 0.352 e. The number of carboxylic acids is 1.